The van der Waals surface area contributed by atoms with Crippen molar-refractivity contribution in [3.63, 3.8) is 0 Å². The average molecular weight is 519 g/mol. The van der Waals surface area contributed by atoms with Crippen LogP contribution in [0.1, 0.15) is 36.4 Å². The van der Waals surface area contributed by atoms with E-state index < -0.39 is 17.4 Å². The monoisotopic (exact) mass is 516 g/mol. The van der Waals surface area contributed by atoms with Gasteiger partial charge in [-0.05, 0) is 0 Å². The number of hydrogen-bond donors (Lipinski definition) is 0. The van der Waals surface area contributed by atoms with Gasteiger partial charge in [0.2, 0.25) is 0 Å². The van der Waals surface area contributed by atoms with E-state index in [4.69, 9.17) is 0 Å². The summed E-state index contributed by atoms with van der Waals surface area (Å²) in [5.74, 6) is 0. The molecule has 0 saturated carbocycles. The van der Waals surface area contributed by atoms with Crippen molar-refractivity contribution >= 4 is 37.3 Å². The molecule has 4 heteroatoms. The smallest absolute Gasteiger partial charge is 0.147 e. The maximum absolute atomic E-state index is 3.29. The molecule has 3 aromatic carbocycles. The number of fused-ring (bicyclic) bond motifs is 4. The molecule has 2 aliphatic carbocycles. The van der Waals surface area contributed by atoms with E-state index in [0.29, 0.717) is 7.25 Å². The summed E-state index contributed by atoms with van der Waals surface area (Å²) in [6.07, 6.45) is 2.60. The summed E-state index contributed by atoms with van der Waals surface area (Å²) in [6, 6.07) is 27.4. The Bertz CT molecular complexity index is 1140. The largest absolute Gasteiger partial charge is 0.147 e. The van der Waals surface area contributed by atoms with Gasteiger partial charge in [0.05, 0.1) is 0 Å². The second-order valence-electron chi connectivity index (χ2n) is 9.46. The van der Waals surface area contributed by atoms with E-state index in [-0.39, 0.29) is 24.8 Å². The molecule has 0 aliphatic heterocycles. The Labute approximate surface area is 189 Å². The van der Waals surface area contributed by atoms with Crippen LogP contribution >= 0.6 is 24.8 Å². The first-order valence-corrected chi connectivity index (χ1v) is 23.6. The van der Waals surface area contributed by atoms with Gasteiger partial charge in [0.1, 0.15) is 0 Å². The van der Waals surface area contributed by atoms with E-state index in [2.05, 4.69) is 102 Å². The number of benzene rings is 3. The molecule has 0 spiro atoms. The molecule has 0 N–H and O–H groups in total. The van der Waals surface area contributed by atoms with Gasteiger partial charge in [-0.3, -0.25) is 0 Å². The number of rotatable bonds is 2. The van der Waals surface area contributed by atoms with Gasteiger partial charge in [-0.1, -0.05) is 0 Å². The zero-order chi connectivity index (χ0) is 18.8. The third kappa shape index (κ3) is 3.28. The second-order valence-corrected chi connectivity index (χ2v) is 40.0. The zero-order valence-electron chi connectivity index (χ0n) is 17.2. The molecule has 150 valence electrons. The minimum absolute atomic E-state index is 0. The van der Waals surface area contributed by atoms with Gasteiger partial charge >= 0.3 is 166 Å². The van der Waals surface area contributed by atoms with Crippen molar-refractivity contribution in [2.45, 2.75) is 23.4 Å². The molecule has 0 heterocycles. The van der Waals surface area contributed by atoms with Crippen LogP contribution in [-0.4, -0.2) is 6.88 Å². The molecule has 0 radical (unpaired) electrons. The summed E-state index contributed by atoms with van der Waals surface area (Å²) in [5.41, 5.74) is 10.6. The molecule has 0 amide bonds. The summed E-state index contributed by atoms with van der Waals surface area (Å²) < 4.78 is 6.57. The van der Waals surface area contributed by atoms with Gasteiger partial charge in [0.25, 0.3) is 0 Å². The van der Waals surface area contributed by atoms with E-state index in [9.17, 15) is 0 Å². The summed E-state index contributed by atoms with van der Waals surface area (Å²) in [4.78, 5) is 0. The Morgan fingerprint density at radius 1 is 0.655 bits per heavy atom. The van der Waals surface area contributed by atoms with Crippen molar-refractivity contribution in [3.05, 3.63) is 101 Å². The molecule has 1 atom stereocenters. The Morgan fingerprint density at radius 3 is 1.59 bits per heavy atom. The van der Waals surface area contributed by atoms with Crippen LogP contribution in [0.15, 0.2) is 78.9 Å². The van der Waals surface area contributed by atoms with Gasteiger partial charge < -0.3 is 0 Å². The summed E-state index contributed by atoms with van der Waals surface area (Å²) in [7, 11) is 0. The molecule has 1 unspecified atom stereocenters. The SMILES string of the molecule is CC1=C[CH]([Zr]([CH3])([CH3])(=[SiH2])[CH]2c3ccccc3-c3ccccc32)c2ccccc21.Cl.Cl. The van der Waals surface area contributed by atoms with Crippen LogP contribution in [0, 0.1) is 0 Å². The summed E-state index contributed by atoms with van der Waals surface area (Å²) >= 11 is -3.29. The molecule has 2 aliphatic rings. The van der Waals surface area contributed by atoms with Crippen LogP contribution in [-0.2, 0) is 17.4 Å². The Morgan fingerprint density at radius 2 is 1.07 bits per heavy atom. The third-order valence-electron chi connectivity index (χ3n) is 6.94. The van der Waals surface area contributed by atoms with Gasteiger partial charge in [0.15, 0.2) is 0 Å². The number of hydrogen-bond acceptors (Lipinski definition) is 0. The Hall–Kier alpha value is -0.920. The quantitative estimate of drug-likeness (QED) is 0.318. The van der Waals surface area contributed by atoms with Gasteiger partial charge in [-0.2, -0.15) is 0 Å². The van der Waals surface area contributed by atoms with E-state index in [1.807, 2.05) is 0 Å². The topological polar surface area (TPSA) is 0 Å². The van der Waals surface area contributed by atoms with Crippen molar-refractivity contribution < 1.29 is 17.4 Å². The van der Waals surface area contributed by atoms with Crippen LogP contribution in [0.25, 0.3) is 16.7 Å². The molecule has 29 heavy (non-hydrogen) atoms. The zero-order valence-corrected chi connectivity index (χ0v) is 22.7. The van der Waals surface area contributed by atoms with Crippen molar-refractivity contribution in [1.29, 1.82) is 0 Å². The Kier molecular flexibility index (Phi) is 6.00. The first-order chi connectivity index (χ1) is 12.9. The first-order valence-electron chi connectivity index (χ1n) is 9.90. The van der Waals surface area contributed by atoms with E-state index in [0.717, 1.165) is 0 Å². The van der Waals surface area contributed by atoms with Crippen LogP contribution in [0.2, 0.25) is 9.26 Å². The molecular weight excluding hydrogens is 490 g/mol. The molecule has 0 bridgehead atoms. The predicted molar refractivity (Wildman–Crippen MR) is 131 cm³/mol. The first kappa shape index (κ1) is 22.8. The fourth-order valence-electron chi connectivity index (χ4n) is 5.70. The molecule has 0 fully saturated rings. The summed E-state index contributed by atoms with van der Waals surface area (Å²) in [5, 5.41) is 0. The van der Waals surface area contributed by atoms with Gasteiger partial charge in [-0.15, -0.1) is 24.8 Å². The van der Waals surface area contributed by atoms with E-state index in [1.165, 1.54) is 22.3 Å². The number of halogens is 2. The maximum atomic E-state index is 2.69. The van der Waals surface area contributed by atoms with E-state index in [1.54, 1.807) is 16.7 Å². The fraction of sp³-hybridized carbons (Fsp3) is 0.200. The third-order valence-corrected chi connectivity index (χ3v) is 24.3. The Balaban J connectivity index is 0.00000120. The van der Waals surface area contributed by atoms with Gasteiger partial charge in [0, 0.05) is 0 Å². The average Bonchev–Trinajstić information content (AvgIpc) is 3.19. The molecule has 3 aromatic rings. The van der Waals surface area contributed by atoms with Crippen molar-refractivity contribution in [3.8, 4) is 11.1 Å². The standard InChI is InChI=1S/C13H9.C10H9.2CH3.2ClH.H2Si.Zr/c1-3-7-12-10(5-1)9-11-6-2-4-8-13(11)12;1-8-6-7-9-4-2-3-5-10(8)9;;;;;;/h1-9H;2-7H,1H3;2*1H3;2*1H;1H2;. The van der Waals surface area contributed by atoms with Crippen LogP contribution in [0.3, 0.4) is 0 Å². The van der Waals surface area contributed by atoms with Crippen LogP contribution in [0.5, 0.6) is 0 Å². The minimum atomic E-state index is -3.29. The molecule has 0 nitrogen and oxygen atoms in total. The van der Waals surface area contributed by atoms with Crippen LogP contribution in [0.4, 0.5) is 0 Å². The predicted octanol–water partition coefficient (Wildman–Crippen LogP) is 7.09. The van der Waals surface area contributed by atoms with E-state index >= 15 is 0 Å². The second kappa shape index (κ2) is 7.65. The van der Waals surface area contributed by atoms with Crippen molar-refractivity contribution in [1.82, 2.24) is 0 Å². The molecule has 0 aromatic heterocycles. The van der Waals surface area contributed by atoms with Crippen LogP contribution < -0.4 is 0 Å². The minimum Gasteiger partial charge on any atom is -0.147 e. The molecular formula is C25H28Cl2SiZr. The number of allylic oxidation sites excluding steroid dienone is 2. The molecule has 5 rings (SSSR count). The van der Waals surface area contributed by atoms with Crippen molar-refractivity contribution in [2.75, 3.05) is 0 Å². The van der Waals surface area contributed by atoms with Crippen molar-refractivity contribution in [2.24, 2.45) is 0 Å². The fourth-order valence-corrected chi connectivity index (χ4v) is 22.5. The molecule has 0 saturated heterocycles. The van der Waals surface area contributed by atoms with Gasteiger partial charge in [-0.25, -0.2) is 0 Å². The maximum Gasteiger partial charge on any atom is -0.147 e. The normalized spacial score (nSPS) is 17.4. The summed E-state index contributed by atoms with van der Waals surface area (Å²) in [6.45, 7) is 4.70.